The molecule has 0 bridgehead atoms. The van der Waals surface area contributed by atoms with E-state index >= 15 is 0 Å². The highest BCUT2D eigenvalue weighted by Gasteiger charge is 2.39. The molecule has 3 heterocycles. The third-order valence-electron chi connectivity index (χ3n) is 6.59. The second-order valence-electron chi connectivity index (χ2n) is 10.9. The van der Waals surface area contributed by atoms with Crippen molar-refractivity contribution in [3.63, 3.8) is 0 Å². The van der Waals surface area contributed by atoms with Crippen molar-refractivity contribution in [1.82, 2.24) is 15.3 Å². The van der Waals surface area contributed by atoms with E-state index in [2.05, 4.69) is 15.3 Å². The maximum Gasteiger partial charge on any atom is 0.451 e. The molecule has 1 amide bonds. The number of alkyl halides is 3. The zero-order valence-electron chi connectivity index (χ0n) is 22.3. The van der Waals surface area contributed by atoms with Gasteiger partial charge in [0.1, 0.15) is 29.2 Å². The number of nitrogens with zero attached hydrogens (tertiary/aromatic N) is 4. The number of amides is 1. The van der Waals surface area contributed by atoms with Gasteiger partial charge in [0.15, 0.2) is 0 Å². The fourth-order valence-corrected chi connectivity index (χ4v) is 5.12. The van der Waals surface area contributed by atoms with Crippen molar-refractivity contribution in [2.75, 3.05) is 35.3 Å². The van der Waals surface area contributed by atoms with Crippen molar-refractivity contribution in [3.8, 4) is 0 Å². The predicted octanol–water partition coefficient (Wildman–Crippen LogP) is 3.15. The Hall–Kier alpha value is -2.68. The van der Waals surface area contributed by atoms with Gasteiger partial charge in [-0.2, -0.15) is 21.6 Å². The molecule has 39 heavy (non-hydrogen) atoms. The lowest BCUT2D eigenvalue weighted by atomic mass is 9.91. The molecule has 15 heteroatoms. The van der Waals surface area contributed by atoms with Crippen LogP contribution in [0.5, 0.6) is 0 Å². The summed E-state index contributed by atoms with van der Waals surface area (Å²) in [6, 6.07) is 0.770. The van der Waals surface area contributed by atoms with E-state index in [-0.39, 0.29) is 24.0 Å². The number of halogens is 3. The molecule has 0 aliphatic carbocycles. The molecule has 220 valence electrons. The minimum Gasteiger partial charge on any atom is -0.458 e. The molecule has 0 aromatic carbocycles. The highest BCUT2D eigenvalue weighted by molar-refractivity contribution is 7.85. The highest BCUT2D eigenvalue weighted by Crippen LogP contribution is 2.34. The van der Waals surface area contributed by atoms with Crippen molar-refractivity contribution in [3.05, 3.63) is 11.9 Å². The minimum absolute atomic E-state index is 0.0405. The first-order valence-electron chi connectivity index (χ1n) is 12.9. The first kappa shape index (κ1) is 30.9. The molecule has 1 atom stereocenters. The number of anilines is 2. The average Bonchev–Trinajstić information content (AvgIpc) is 3.31. The standard InChI is InChI=1S/C24H36F3N5O6S/c1-23(2,3)38-21(34)17-7-5-11-32(17)19-14-18(29-22(30-19)24(25,26)27)31-12-9-16(10-13-31)6-4-8-20(33)28-15-39(35,36)37/h14,16-17H,4-13,15H2,1-3H3,(H,28,33)(H,35,36,37)/t17-/m0/s1. The molecule has 2 N–H and O–H groups in total. The first-order valence-corrected chi connectivity index (χ1v) is 14.6. The van der Waals surface area contributed by atoms with Crippen molar-refractivity contribution < 1.29 is 40.5 Å². The van der Waals surface area contributed by atoms with E-state index in [1.165, 1.54) is 6.07 Å². The van der Waals surface area contributed by atoms with E-state index in [1.807, 2.05) is 0 Å². The highest BCUT2D eigenvalue weighted by atomic mass is 32.2. The summed E-state index contributed by atoms with van der Waals surface area (Å²) in [5.41, 5.74) is -0.729. The zero-order chi connectivity index (χ0) is 29.0. The summed E-state index contributed by atoms with van der Waals surface area (Å²) in [5, 5.41) is 2.13. The zero-order valence-corrected chi connectivity index (χ0v) is 23.1. The van der Waals surface area contributed by atoms with Crippen molar-refractivity contribution in [2.45, 2.75) is 83.5 Å². The van der Waals surface area contributed by atoms with Gasteiger partial charge in [-0.1, -0.05) is 0 Å². The number of carbonyl (C=O) groups excluding carboxylic acids is 2. The number of piperidine rings is 1. The molecule has 11 nitrogen and oxygen atoms in total. The lowest BCUT2D eigenvalue weighted by Crippen LogP contribution is -2.41. The number of carbonyl (C=O) groups is 2. The number of ether oxygens (including phenoxy) is 1. The van der Waals surface area contributed by atoms with Crippen LogP contribution in [0.1, 0.15) is 71.5 Å². The lowest BCUT2D eigenvalue weighted by Gasteiger charge is -2.34. The van der Waals surface area contributed by atoms with E-state index in [4.69, 9.17) is 9.29 Å². The van der Waals surface area contributed by atoms with Gasteiger partial charge in [0.2, 0.25) is 11.7 Å². The number of esters is 1. The van der Waals surface area contributed by atoms with Crippen LogP contribution in [-0.4, -0.2) is 72.0 Å². The van der Waals surface area contributed by atoms with Gasteiger partial charge in [0.25, 0.3) is 10.1 Å². The quantitative estimate of drug-likeness (QED) is 0.331. The molecule has 0 spiro atoms. The topological polar surface area (TPSA) is 142 Å². The third kappa shape index (κ3) is 9.48. The normalized spacial score (nSPS) is 19.3. The van der Waals surface area contributed by atoms with Gasteiger partial charge in [-0.25, -0.2) is 14.8 Å². The van der Waals surface area contributed by atoms with Gasteiger partial charge in [0.05, 0.1) is 0 Å². The Bertz CT molecular complexity index is 1130. The van der Waals surface area contributed by atoms with Gasteiger partial charge in [-0.3, -0.25) is 9.35 Å². The van der Waals surface area contributed by atoms with Crippen molar-refractivity contribution >= 4 is 33.6 Å². The number of nitrogens with one attached hydrogen (secondary N) is 1. The summed E-state index contributed by atoms with van der Waals surface area (Å²) in [5.74, 6) is -2.65. The molecule has 0 saturated carbocycles. The summed E-state index contributed by atoms with van der Waals surface area (Å²) in [4.78, 5) is 35.4. The van der Waals surface area contributed by atoms with Gasteiger partial charge in [-0.15, -0.1) is 0 Å². The largest absolute Gasteiger partial charge is 0.458 e. The number of hydrogen-bond acceptors (Lipinski definition) is 9. The van der Waals surface area contributed by atoms with Crippen LogP contribution in [0, 0.1) is 5.92 Å². The fourth-order valence-electron chi connectivity index (χ4n) is 4.78. The average molecular weight is 580 g/mol. The Labute approximate surface area is 226 Å². The van der Waals surface area contributed by atoms with Crippen LogP contribution < -0.4 is 15.1 Å². The SMILES string of the molecule is CC(C)(C)OC(=O)[C@@H]1CCCN1c1cc(N2CCC(CCCC(=O)NCS(=O)(=O)O)CC2)nc(C(F)(F)F)n1. The van der Waals surface area contributed by atoms with Gasteiger partial charge < -0.3 is 19.9 Å². The van der Waals surface area contributed by atoms with Gasteiger partial charge in [-0.05, 0) is 65.2 Å². The van der Waals surface area contributed by atoms with Crippen molar-refractivity contribution in [1.29, 1.82) is 0 Å². The predicted molar refractivity (Wildman–Crippen MR) is 137 cm³/mol. The summed E-state index contributed by atoms with van der Waals surface area (Å²) in [7, 11) is -4.28. The van der Waals surface area contributed by atoms with Crippen LogP contribution in [0.3, 0.4) is 0 Å². The molecule has 1 aromatic heterocycles. The van der Waals surface area contributed by atoms with Crippen LogP contribution in [0.15, 0.2) is 6.07 Å². The summed E-state index contributed by atoms with van der Waals surface area (Å²) < 4.78 is 76.8. The minimum atomic E-state index is -4.76. The maximum atomic E-state index is 13.7. The number of rotatable bonds is 9. The molecular formula is C24H36F3N5O6S. The fraction of sp³-hybridized carbons (Fsp3) is 0.750. The van der Waals surface area contributed by atoms with Gasteiger partial charge in [0, 0.05) is 32.1 Å². The van der Waals surface area contributed by atoms with E-state index in [0.717, 1.165) is 0 Å². The maximum absolute atomic E-state index is 13.7. The smallest absolute Gasteiger partial charge is 0.451 e. The third-order valence-corrected chi connectivity index (χ3v) is 7.09. The van der Waals surface area contributed by atoms with E-state index in [1.54, 1.807) is 30.6 Å². The summed E-state index contributed by atoms with van der Waals surface area (Å²) >= 11 is 0. The molecular weight excluding hydrogens is 543 g/mol. The molecule has 0 unspecified atom stereocenters. The summed E-state index contributed by atoms with van der Waals surface area (Å²) in [6.45, 7) is 6.49. The van der Waals surface area contributed by atoms with Crippen LogP contribution in [-0.2, 0) is 30.6 Å². The Morgan fingerprint density at radius 1 is 1.10 bits per heavy atom. The summed E-state index contributed by atoms with van der Waals surface area (Å²) in [6.07, 6.45) is -1.03. The van der Waals surface area contributed by atoms with Crippen LogP contribution in [0.2, 0.25) is 0 Å². The van der Waals surface area contributed by atoms with Crippen molar-refractivity contribution in [2.24, 2.45) is 5.92 Å². The molecule has 3 rings (SSSR count). The van der Waals surface area contributed by atoms with Crippen LogP contribution in [0.25, 0.3) is 0 Å². The Balaban J connectivity index is 1.65. The molecule has 2 aliphatic heterocycles. The second-order valence-corrected chi connectivity index (χ2v) is 12.4. The lowest BCUT2D eigenvalue weighted by molar-refractivity contribution is -0.156. The van der Waals surface area contributed by atoms with Gasteiger partial charge >= 0.3 is 12.1 Å². The monoisotopic (exact) mass is 579 g/mol. The first-order chi connectivity index (χ1) is 18.0. The van der Waals surface area contributed by atoms with E-state index in [9.17, 15) is 31.2 Å². The second kappa shape index (κ2) is 12.2. The Morgan fingerprint density at radius 2 is 1.74 bits per heavy atom. The molecule has 2 aliphatic rings. The number of aromatic nitrogens is 2. The number of hydrogen-bond donors (Lipinski definition) is 2. The molecule has 2 saturated heterocycles. The van der Waals surface area contributed by atoms with Crippen LogP contribution in [0.4, 0.5) is 24.8 Å². The van der Waals surface area contributed by atoms with Crippen LogP contribution >= 0.6 is 0 Å². The molecule has 2 fully saturated rings. The Morgan fingerprint density at radius 3 is 2.33 bits per heavy atom. The van der Waals surface area contributed by atoms with E-state index < -0.39 is 51.5 Å². The molecule has 0 radical (unpaired) electrons. The Kier molecular flexibility index (Phi) is 9.68. The van der Waals surface area contributed by atoms with E-state index in [0.29, 0.717) is 58.2 Å². The molecule has 1 aromatic rings.